The predicted molar refractivity (Wildman–Crippen MR) is 175 cm³/mol. The zero-order valence-corrected chi connectivity index (χ0v) is 24.0. The Kier molecular flexibility index (Phi) is 5.47. The minimum absolute atomic E-state index is 1.30. The van der Waals surface area contributed by atoms with E-state index in [1.165, 1.54) is 76.1 Å². The maximum atomic E-state index is 2.44. The van der Waals surface area contributed by atoms with Crippen LogP contribution in [0.15, 0.2) is 121 Å². The van der Waals surface area contributed by atoms with Crippen molar-refractivity contribution in [1.29, 1.82) is 0 Å². The molecular weight excluding hydrogens is 485 g/mol. The van der Waals surface area contributed by atoms with Crippen LogP contribution in [0, 0.1) is 6.92 Å². The van der Waals surface area contributed by atoms with Crippen molar-refractivity contribution in [1.82, 2.24) is 0 Å². The number of fused-ring (bicyclic) bond motifs is 4. The van der Waals surface area contributed by atoms with Crippen LogP contribution in [0.25, 0.3) is 65.3 Å². The normalized spacial score (nSPS) is 12.1. The third-order valence-corrected chi connectivity index (χ3v) is 10.4. The van der Waals surface area contributed by atoms with E-state index in [9.17, 15) is 0 Å². The molecule has 188 valence electrons. The molecule has 0 bridgehead atoms. The molecule has 0 aliphatic rings. The summed E-state index contributed by atoms with van der Waals surface area (Å²) in [6.45, 7) is 9.54. The lowest BCUT2D eigenvalue weighted by Gasteiger charge is -2.23. The van der Waals surface area contributed by atoms with Crippen LogP contribution in [0.4, 0.5) is 0 Å². The van der Waals surface area contributed by atoms with E-state index in [1.807, 2.05) is 0 Å². The van der Waals surface area contributed by atoms with Crippen LogP contribution in [0.3, 0.4) is 0 Å². The van der Waals surface area contributed by atoms with E-state index in [1.54, 1.807) is 0 Å². The first-order chi connectivity index (χ1) is 18.9. The van der Waals surface area contributed by atoms with E-state index < -0.39 is 8.07 Å². The van der Waals surface area contributed by atoms with Gasteiger partial charge in [-0.25, -0.2) is 0 Å². The van der Waals surface area contributed by atoms with Crippen molar-refractivity contribution in [3.63, 3.8) is 0 Å². The van der Waals surface area contributed by atoms with Crippen molar-refractivity contribution in [2.24, 2.45) is 0 Å². The Morgan fingerprint density at radius 2 is 0.718 bits per heavy atom. The summed E-state index contributed by atoms with van der Waals surface area (Å²) in [5.74, 6) is 0. The molecule has 1 heteroatoms. The fraction of sp³-hybridized carbons (Fsp3) is 0.105. The second-order valence-corrected chi connectivity index (χ2v) is 16.8. The van der Waals surface area contributed by atoms with Gasteiger partial charge in [-0.05, 0) is 77.8 Å². The second-order valence-electron chi connectivity index (χ2n) is 11.8. The lowest BCUT2D eigenvalue weighted by atomic mass is 9.83. The van der Waals surface area contributed by atoms with Crippen molar-refractivity contribution in [3.8, 4) is 22.3 Å². The summed E-state index contributed by atoms with van der Waals surface area (Å²) in [6, 6.07) is 45.3. The van der Waals surface area contributed by atoms with Gasteiger partial charge in [0.05, 0.1) is 8.07 Å². The van der Waals surface area contributed by atoms with Crippen molar-refractivity contribution in [3.05, 3.63) is 127 Å². The molecule has 0 aliphatic carbocycles. The maximum Gasteiger partial charge on any atom is 0.0784 e. The summed E-state index contributed by atoms with van der Waals surface area (Å²) in [4.78, 5) is 0. The Labute approximate surface area is 231 Å². The maximum absolute atomic E-state index is 2.44. The summed E-state index contributed by atoms with van der Waals surface area (Å²) >= 11 is 0. The molecule has 0 fully saturated rings. The monoisotopic (exact) mass is 516 g/mol. The Morgan fingerprint density at radius 3 is 1.18 bits per heavy atom. The molecule has 0 heterocycles. The summed E-state index contributed by atoms with van der Waals surface area (Å²) in [6.07, 6.45) is 0. The standard InChI is InChI=1S/C38H32Si/c1-25-21-22-34(27-14-6-5-13-26(25)27)37-30-17-9-11-19-32(30)38(33-20-12-10-18-31(33)37)35-23-24-36(39(2,3)4)29-16-8-7-15-28(29)35/h5-24H,1-4H3. The van der Waals surface area contributed by atoms with Gasteiger partial charge in [0.15, 0.2) is 0 Å². The Bertz CT molecular complexity index is 2000. The zero-order chi connectivity index (χ0) is 26.7. The summed E-state index contributed by atoms with van der Waals surface area (Å²) in [7, 11) is -1.51. The number of hydrogen-bond donors (Lipinski definition) is 0. The quantitative estimate of drug-likeness (QED) is 0.162. The highest BCUT2D eigenvalue weighted by Gasteiger charge is 2.23. The Balaban J connectivity index is 1.66. The fourth-order valence-corrected chi connectivity index (χ4v) is 8.16. The number of aryl methyl sites for hydroxylation is 1. The molecule has 0 saturated heterocycles. The highest BCUT2D eigenvalue weighted by molar-refractivity contribution is 6.90. The molecule has 0 aromatic heterocycles. The third-order valence-electron chi connectivity index (χ3n) is 8.34. The largest absolute Gasteiger partial charge is 0.0784 e. The minimum Gasteiger partial charge on any atom is -0.0656 e. The van der Waals surface area contributed by atoms with E-state index in [4.69, 9.17) is 0 Å². The van der Waals surface area contributed by atoms with Crippen LogP contribution in [-0.4, -0.2) is 8.07 Å². The number of rotatable bonds is 3. The van der Waals surface area contributed by atoms with Gasteiger partial charge in [-0.3, -0.25) is 0 Å². The van der Waals surface area contributed by atoms with Crippen molar-refractivity contribution >= 4 is 56.4 Å². The fourth-order valence-electron chi connectivity index (χ4n) is 6.55. The molecule has 0 aliphatic heterocycles. The second kappa shape index (κ2) is 8.93. The van der Waals surface area contributed by atoms with E-state index >= 15 is 0 Å². The molecule has 7 rings (SSSR count). The van der Waals surface area contributed by atoms with Gasteiger partial charge in [0.2, 0.25) is 0 Å². The van der Waals surface area contributed by atoms with E-state index in [0.717, 1.165) is 0 Å². The Morgan fingerprint density at radius 1 is 0.359 bits per heavy atom. The van der Waals surface area contributed by atoms with Crippen LogP contribution in [0.2, 0.25) is 19.6 Å². The van der Waals surface area contributed by atoms with Gasteiger partial charge in [0.25, 0.3) is 0 Å². The molecule has 0 amide bonds. The average Bonchev–Trinajstić information content (AvgIpc) is 2.96. The van der Waals surface area contributed by atoms with Gasteiger partial charge < -0.3 is 0 Å². The molecule has 0 atom stereocenters. The SMILES string of the molecule is Cc1ccc(-c2c3ccccc3c(-c3ccc([Si](C)(C)C)c4ccccc34)c3ccccc23)c2ccccc12. The van der Waals surface area contributed by atoms with Crippen molar-refractivity contribution in [2.45, 2.75) is 26.6 Å². The molecule has 0 N–H and O–H groups in total. The average molecular weight is 517 g/mol. The molecule has 0 nitrogen and oxygen atoms in total. The first-order valence-electron chi connectivity index (χ1n) is 13.9. The van der Waals surface area contributed by atoms with Gasteiger partial charge in [-0.2, -0.15) is 0 Å². The summed E-state index contributed by atoms with van der Waals surface area (Å²) in [5, 5.41) is 12.1. The highest BCUT2D eigenvalue weighted by atomic mass is 28.3. The van der Waals surface area contributed by atoms with Crippen LogP contribution in [0.5, 0.6) is 0 Å². The molecule has 7 aromatic rings. The molecule has 7 aromatic carbocycles. The molecule has 0 radical (unpaired) electrons. The predicted octanol–water partition coefficient (Wildman–Crippen LogP) is 10.5. The third kappa shape index (κ3) is 3.72. The van der Waals surface area contributed by atoms with Crippen LogP contribution < -0.4 is 5.19 Å². The lowest BCUT2D eigenvalue weighted by molar-refractivity contribution is 1.53. The zero-order valence-electron chi connectivity index (χ0n) is 23.0. The smallest absolute Gasteiger partial charge is 0.0656 e. The topological polar surface area (TPSA) is 0 Å². The first-order valence-corrected chi connectivity index (χ1v) is 17.4. The number of benzene rings is 7. The van der Waals surface area contributed by atoms with Gasteiger partial charge in [0, 0.05) is 0 Å². The summed E-state index contributed by atoms with van der Waals surface area (Å²) < 4.78 is 0. The van der Waals surface area contributed by atoms with E-state index in [2.05, 4.69) is 148 Å². The van der Waals surface area contributed by atoms with E-state index in [0.29, 0.717) is 0 Å². The first kappa shape index (κ1) is 23.9. The molecule has 39 heavy (non-hydrogen) atoms. The molecular formula is C38H32Si. The van der Waals surface area contributed by atoms with Crippen LogP contribution in [-0.2, 0) is 0 Å². The van der Waals surface area contributed by atoms with Gasteiger partial charge in [0.1, 0.15) is 0 Å². The van der Waals surface area contributed by atoms with Crippen molar-refractivity contribution < 1.29 is 0 Å². The van der Waals surface area contributed by atoms with Gasteiger partial charge >= 0.3 is 0 Å². The van der Waals surface area contributed by atoms with Crippen LogP contribution >= 0.6 is 0 Å². The highest BCUT2D eigenvalue weighted by Crippen LogP contribution is 2.46. The van der Waals surface area contributed by atoms with Gasteiger partial charge in [-0.1, -0.05) is 146 Å². The molecule has 0 unspecified atom stereocenters. The Hall–Kier alpha value is -4.20. The van der Waals surface area contributed by atoms with Crippen molar-refractivity contribution in [2.75, 3.05) is 0 Å². The lowest BCUT2D eigenvalue weighted by Crippen LogP contribution is -2.38. The van der Waals surface area contributed by atoms with E-state index in [-0.39, 0.29) is 0 Å². The minimum atomic E-state index is -1.51. The molecule has 0 spiro atoms. The number of hydrogen-bond acceptors (Lipinski definition) is 0. The summed E-state index contributed by atoms with van der Waals surface area (Å²) in [5.41, 5.74) is 6.59. The van der Waals surface area contributed by atoms with Crippen LogP contribution in [0.1, 0.15) is 5.56 Å². The molecule has 0 saturated carbocycles. The van der Waals surface area contributed by atoms with Gasteiger partial charge in [-0.15, -0.1) is 0 Å².